The molecule has 0 bridgehead atoms. The number of aromatic nitrogens is 1. The number of hydrogen-bond acceptors (Lipinski definition) is 5. The Balaban J connectivity index is 1.49. The van der Waals surface area contributed by atoms with Crippen LogP contribution in [-0.2, 0) is 6.42 Å². The summed E-state index contributed by atoms with van der Waals surface area (Å²) in [6.07, 6.45) is 6.15. The zero-order chi connectivity index (χ0) is 18.8. The average Bonchev–Trinajstić information content (AvgIpc) is 3.37. The molecule has 6 heteroatoms. The molecule has 3 heterocycles. The third kappa shape index (κ3) is 3.74. The molecular formula is C21H24N2O2S2. The van der Waals surface area contributed by atoms with Gasteiger partial charge in [0.2, 0.25) is 0 Å². The summed E-state index contributed by atoms with van der Waals surface area (Å²) in [5.41, 5.74) is 4.71. The van der Waals surface area contributed by atoms with Crippen LogP contribution >= 0.6 is 22.7 Å². The van der Waals surface area contributed by atoms with Gasteiger partial charge in [-0.25, -0.2) is 0 Å². The van der Waals surface area contributed by atoms with Crippen molar-refractivity contribution in [1.82, 2.24) is 10.5 Å². The topological polar surface area (TPSA) is 58.0 Å². The highest BCUT2D eigenvalue weighted by molar-refractivity contribution is 7.14. The number of fused-ring (bicyclic) bond motifs is 1. The normalized spacial score (nSPS) is 16.3. The Morgan fingerprint density at radius 3 is 2.59 bits per heavy atom. The molecule has 2 N–H and O–H groups in total. The predicted molar refractivity (Wildman–Crippen MR) is 113 cm³/mol. The summed E-state index contributed by atoms with van der Waals surface area (Å²) in [6, 6.07) is 4.47. The first kappa shape index (κ1) is 18.5. The van der Waals surface area contributed by atoms with Gasteiger partial charge in [-0.3, -0.25) is 4.79 Å². The van der Waals surface area contributed by atoms with Crippen LogP contribution < -0.4 is 10.9 Å². The van der Waals surface area contributed by atoms with Gasteiger partial charge in [-0.2, -0.15) is 5.16 Å². The summed E-state index contributed by atoms with van der Waals surface area (Å²) in [6.45, 7) is 5.19. The molecular weight excluding hydrogens is 376 g/mol. The molecule has 0 saturated heterocycles. The number of nitrogens with one attached hydrogen (secondary N) is 2. The minimum absolute atomic E-state index is 0.0816. The zero-order valence-corrected chi connectivity index (χ0v) is 17.3. The van der Waals surface area contributed by atoms with Crippen molar-refractivity contribution in [3.05, 3.63) is 71.5 Å². The first-order chi connectivity index (χ1) is 13.1. The van der Waals surface area contributed by atoms with Crippen molar-refractivity contribution in [3.63, 3.8) is 0 Å². The molecule has 142 valence electrons. The lowest BCUT2D eigenvalue weighted by atomic mass is 9.93. The number of hydrogen-bond donors (Lipinski definition) is 2. The molecule has 0 saturated carbocycles. The Labute approximate surface area is 166 Å². The summed E-state index contributed by atoms with van der Waals surface area (Å²) in [7, 11) is 0. The molecule has 0 spiro atoms. The van der Waals surface area contributed by atoms with E-state index in [0.717, 1.165) is 43.6 Å². The fourth-order valence-corrected chi connectivity index (χ4v) is 5.77. The van der Waals surface area contributed by atoms with E-state index in [1.807, 2.05) is 0 Å². The highest BCUT2D eigenvalue weighted by Crippen LogP contribution is 2.35. The molecule has 0 fully saturated rings. The largest absolute Gasteiger partial charge is 0.383 e. The van der Waals surface area contributed by atoms with Crippen molar-refractivity contribution in [1.29, 1.82) is 0 Å². The molecule has 27 heavy (non-hydrogen) atoms. The van der Waals surface area contributed by atoms with E-state index in [9.17, 15) is 4.79 Å². The minimum atomic E-state index is -0.0816. The Morgan fingerprint density at radius 1 is 1.26 bits per heavy atom. The maximum Gasteiger partial charge on any atom is 0.284 e. The van der Waals surface area contributed by atoms with Crippen molar-refractivity contribution < 1.29 is 4.52 Å². The number of aromatic amines is 1. The molecule has 0 radical (unpaired) electrons. The van der Waals surface area contributed by atoms with Gasteiger partial charge in [0.1, 0.15) is 5.76 Å². The maximum absolute atomic E-state index is 12.0. The van der Waals surface area contributed by atoms with E-state index < -0.39 is 0 Å². The fourth-order valence-electron chi connectivity index (χ4n) is 3.76. The summed E-state index contributed by atoms with van der Waals surface area (Å²) in [5.74, 6) is 0.823. The molecule has 0 aliphatic heterocycles. The van der Waals surface area contributed by atoms with Gasteiger partial charge in [0, 0.05) is 27.8 Å². The van der Waals surface area contributed by atoms with Gasteiger partial charge in [0.15, 0.2) is 0 Å². The van der Waals surface area contributed by atoms with Crippen LogP contribution in [0.3, 0.4) is 0 Å². The van der Waals surface area contributed by atoms with E-state index >= 15 is 0 Å². The average molecular weight is 401 g/mol. The molecule has 3 aromatic rings. The van der Waals surface area contributed by atoms with Crippen molar-refractivity contribution in [2.45, 2.75) is 45.6 Å². The smallest absolute Gasteiger partial charge is 0.284 e. The van der Waals surface area contributed by atoms with Gasteiger partial charge in [-0.1, -0.05) is 6.08 Å². The Kier molecular flexibility index (Phi) is 5.48. The van der Waals surface area contributed by atoms with Crippen molar-refractivity contribution in [2.75, 3.05) is 6.54 Å². The van der Waals surface area contributed by atoms with Crippen LogP contribution in [0, 0.1) is 13.8 Å². The lowest BCUT2D eigenvalue weighted by molar-refractivity contribution is 0.354. The Hall–Kier alpha value is -1.89. The highest BCUT2D eigenvalue weighted by Gasteiger charge is 2.26. The van der Waals surface area contributed by atoms with E-state index in [4.69, 9.17) is 4.52 Å². The fraction of sp³-hybridized carbons (Fsp3) is 0.381. The Morgan fingerprint density at radius 2 is 1.96 bits per heavy atom. The van der Waals surface area contributed by atoms with Crippen LogP contribution in [0.1, 0.15) is 57.5 Å². The number of rotatable bonds is 6. The SMILES string of the molecule is Cc1ccsc1C(=CCCN[C@@H]1CCCc2o[nH]c(=O)c21)c1sccc1C. The molecule has 3 aromatic heterocycles. The lowest BCUT2D eigenvalue weighted by Crippen LogP contribution is -2.29. The quantitative estimate of drug-likeness (QED) is 0.559. The molecule has 1 aliphatic rings. The van der Waals surface area contributed by atoms with Crippen LogP contribution in [0.15, 0.2) is 38.3 Å². The first-order valence-electron chi connectivity index (χ1n) is 9.38. The van der Waals surface area contributed by atoms with E-state index in [2.05, 4.69) is 53.3 Å². The van der Waals surface area contributed by atoms with Gasteiger partial charge in [0.05, 0.1) is 5.56 Å². The highest BCUT2D eigenvalue weighted by atomic mass is 32.1. The van der Waals surface area contributed by atoms with E-state index in [0.29, 0.717) is 0 Å². The van der Waals surface area contributed by atoms with Crippen LogP contribution in [0.5, 0.6) is 0 Å². The van der Waals surface area contributed by atoms with Gasteiger partial charge < -0.3 is 9.84 Å². The molecule has 4 rings (SSSR count). The van der Waals surface area contributed by atoms with Gasteiger partial charge in [0.25, 0.3) is 5.56 Å². The van der Waals surface area contributed by atoms with E-state index in [1.54, 1.807) is 22.7 Å². The van der Waals surface area contributed by atoms with Crippen molar-refractivity contribution in [3.8, 4) is 0 Å². The number of aryl methyl sites for hydroxylation is 3. The predicted octanol–water partition coefficient (Wildman–Crippen LogP) is 5.20. The molecule has 0 unspecified atom stereocenters. The third-order valence-corrected chi connectivity index (χ3v) is 7.25. The van der Waals surface area contributed by atoms with Crippen LogP contribution in [0.4, 0.5) is 0 Å². The van der Waals surface area contributed by atoms with E-state index in [1.165, 1.54) is 26.5 Å². The summed E-state index contributed by atoms with van der Waals surface area (Å²) in [5, 5.41) is 10.4. The number of thiophene rings is 2. The zero-order valence-electron chi connectivity index (χ0n) is 15.6. The summed E-state index contributed by atoms with van der Waals surface area (Å²) in [4.78, 5) is 14.7. The first-order valence-corrected chi connectivity index (χ1v) is 11.1. The Bertz CT molecular complexity index is 963. The standard InChI is InChI=1S/C21H24N2O2S2/c1-13-8-11-26-19(13)15(20-14(2)9-12-27-20)5-4-10-22-16-6-3-7-17-18(16)21(24)23-25-17/h5,8-9,11-12,16,22H,3-4,6-7,10H2,1-2H3,(H,23,24)/t16-/m1/s1. The molecule has 1 atom stereocenters. The monoisotopic (exact) mass is 400 g/mol. The molecule has 1 aliphatic carbocycles. The molecule has 4 nitrogen and oxygen atoms in total. The van der Waals surface area contributed by atoms with Crippen molar-refractivity contribution in [2.24, 2.45) is 0 Å². The lowest BCUT2D eigenvalue weighted by Gasteiger charge is -2.21. The van der Waals surface area contributed by atoms with E-state index in [-0.39, 0.29) is 11.6 Å². The molecule has 0 amide bonds. The molecule has 0 aromatic carbocycles. The van der Waals surface area contributed by atoms with Crippen molar-refractivity contribution >= 4 is 28.2 Å². The van der Waals surface area contributed by atoms with Gasteiger partial charge in [-0.05, 0) is 73.7 Å². The van der Waals surface area contributed by atoms with Crippen LogP contribution in [-0.4, -0.2) is 11.7 Å². The summed E-state index contributed by atoms with van der Waals surface area (Å²) < 4.78 is 5.30. The third-order valence-electron chi connectivity index (χ3n) is 5.15. The second-order valence-corrected chi connectivity index (χ2v) is 8.87. The minimum Gasteiger partial charge on any atom is -0.383 e. The second-order valence-electron chi connectivity index (χ2n) is 7.04. The second kappa shape index (κ2) is 8.00. The summed E-state index contributed by atoms with van der Waals surface area (Å²) >= 11 is 3.61. The van der Waals surface area contributed by atoms with Gasteiger partial charge in [-0.15, -0.1) is 22.7 Å². The van der Waals surface area contributed by atoms with Crippen LogP contribution in [0.25, 0.3) is 5.57 Å². The number of H-pyrrole nitrogens is 1. The van der Waals surface area contributed by atoms with Crippen LogP contribution in [0.2, 0.25) is 0 Å². The van der Waals surface area contributed by atoms with Gasteiger partial charge >= 0.3 is 0 Å². The maximum atomic E-state index is 12.0.